The third-order valence-corrected chi connectivity index (χ3v) is 2.14. The second-order valence-corrected chi connectivity index (χ2v) is 4.54. The van der Waals surface area contributed by atoms with E-state index in [1.165, 1.54) is 0 Å². The van der Waals surface area contributed by atoms with Crippen LogP contribution in [0.5, 0.6) is 0 Å². The smallest absolute Gasteiger partial charge is 0.236 e. The zero-order chi connectivity index (χ0) is 11.8. The Labute approximate surface area is 105 Å². The molecule has 0 aliphatic heterocycles. The van der Waals surface area contributed by atoms with E-state index in [0.29, 0.717) is 25.0 Å². The summed E-state index contributed by atoms with van der Waals surface area (Å²) in [4.78, 5) is 11.5. The largest absolute Gasteiger partial charge is 0.384 e. The van der Waals surface area contributed by atoms with Gasteiger partial charge in [0.2, 0.25) is 5.91 Å². The van der Waals surface area contributed by atoms with Crippen LogP contribution in [-0.2, 0) is 9.53 Å². The van der Waals surface area contributed by atoms with Gasteiger partial charge in [-0.2, -0.15) is 0 Å². The summed E-state index contributed by atoms with van der Waals surface area (Å²) in [6, 6.07) is -0.389. The molecule has 0 radical (unpaired) electrons. The molecule has 0 spiro atoms. The molecule has 5 heteroatoms. The van der Waals surface area contributed by atoms with E-state index in [1.807, 2.05) is 6.92 Å². The molecule has 0 heterocycles. The highest BCUT2D eigenvalue weighted by Crippen LogP contribution is 2.02. The van der Waals surface area contributed by atoms with Crippen molar-refractivity contribution in [3.63, 3.8) is 0 Å². The minimum Gasteiger partial charge on any atom is -0.384 e. The van der Waals surface area contributed by atoms with Gasteiger partial charge in [-0.15, -0.1) is 12.4 Å². The minimum atomic E-state index is -0.389. The number of ether oxygens (including phenoxy) is 1. The van der Waals surface area contributed by atoms with Gasteiger partial charge in [0, 0.05) is 13.7 Å². The second-order valence-electron chi connectivity index (χ2n) is 4.54. The lowest BCUT2D eigenvalue weighted by molar-refractivity contribution is -0.122. The van der Waals surface area contributed by atoms with Gasteiger partial charge in [-0.25, -0.2) is 0 Å². The summed E-state index contributed by atoms with van der Waals surface area (Å²) in [5.41, 5.74) is 5.74. The molecule has 0 rings (SSSR count). The molecule has 0 aromatic carbocycles. The Bertz CT molecular complexity index is 189. The van der Waals surface area contributed by atoms with Crippen molar-refractivity contribution in [1.29, 1.82) is 0 Å². The summed E-state index contributed by atoms with van der Waals surface area (Å²) in [6.45, 7) is 7.41. The first kappa shape index (κ1) is 18.1. The highest BCUT2D eigenvalue weighted by atomic mass is 35.5. The van der Waals surface area contributed by atoms with Crippen LogP contribution in [0.4, 0.5) is 0 Å². The van der Waals surface area contributed by atoms with Crippen LogP contribution in [0, 0.1) is 11.8 Å². The van der Waals surface area contributed by atoms with Gasteiger partial charge in [0.15, 0.2) is 0 Å². The van der Waals surface area contributed by atoms with Crippen molar-refractivity contribution in [3.8, 4) is 0 Å². The third-order valence-electron chi connectivity index (χ3n) is 2.14. The fourth-order valence-corrected chi connectivity index (χ4v) is 1.36. The van der Waals surface area contributed by atoms with Crippen LogP contribution in [0.1, 0.15) is 27.2 Å². The van der Waals surface area contributed by atoms with Crippen molar-refractivity contribution in [1.82, 2.24) is 5.32 Å². The van der Waals surface area contributed by atoms with Gasteiger partial charge in [0.1, 0.15) is 0 Å². The zero-order valence-electron chi connectivity index (χ0n) is 10.7. The van der Waals surface area contributed by atoms with Gasteiger partial charge in [0.05, 0.1) is 12.6 Å². The number of hydrogen-bond donors (Lipinski definition) is 2. The predicted molar refractivity (Wildman–Crippen MR) is 68.7 cm³/mol. The van der Waals surface area contributed by atoms with Crippen LogP contribution in [0.15, 0.2) is 0 Å². The van der Waals surface area contributed by atoms with Crippen LogP contribution in [0.25, 0.3) is 0 Å². The number of amides is 1. The first-order valence-electron chi connectivity index (χ1n) is 5.49. The summed E-state index contributed by atoms with van der Waals surface area (Å²) in [5.74, 6) is 0.707. The second kappa shape index (κ2) is 9.87. The monoisotopic (exact) mass is 252 g/mol. The lowest BCUT2D eigenvalue weighted by Gasteiger charge is -2.16. The van der Waals surface area contributed by atoms with E-state index in [2.05, 4.69) is 19.2 Å². The van der Waals surface area contributed by atoms with E-state index in [1.54, 1.807) is 7.11 Å². The Morgan fingerprint density at radius 1 is 1.38 bits per heavy atom. The highest BCUT2D eigenvalue weighted by Gasteiger charge is 2.15. The summed E-state index contributed by atoms with van der Waals surface area (Å²) in [5, 5.41) is 2.83. The van der Waals surface area contributed by atoms with Gasteiger partial charge in [-0.05, 0) is 18.3 Å². The van der Waals surface area contributed by atoms with Crippen LogP contribution in [0.3, 0.4) is 0 Å². The predicted octanol–water partition coefficient (Wildman–Crippen LogP) is 1.18. The molecule has 0 aromatic heterocycles. The van der Waals surface area contributed by atoms with Crippen molar-refractivity contribution < 1.29 is 9.53 Å². The first-order chi connectivity index (χ1) is 6.97. The number of halogens is 1. The Balaban J connectivity index is 0. The van der Waals surface area contributed by atoms with Gasteiger partial charge in [0.25, 0.3) is 0 Å². The molecule has 0 fully saturated rings. The zero-order valence-corrected chi connectivity index (χ0v) is 11.5. The molecule has 2 atom stereocenters. The van der Waals surface area contributed by atoms with E-state index in [-0.39, 0.29) is 24.4 Å². The fraction of sp³-hybridized carbons (Fsp3) is 0.909. The van der Waals surface area contributed by atoms with Crippen molar-refractivity contribution in [2.45, 2.75) is 33.2 Å². The SMILES string of the molecule is COCC(C)CNC(=O)[C@@H](N)CC(C)C.Cl. The van der Waals surface area contributed by atoms with Gasteiger partial charge >= 0.3 is 0 Å². The molecular formula is C11H25ClN2O2. The average molecular weight is 253 g/mol. The van der Waals surface area contributed by atoms with E-state index in [9.17, 15) is 4.79 Å². The van der Waals surface area contributed by atoms with Gasteiger partial charge in [-0.1, -0.05) is 20.8 Å². The normalized spacial score (nSPS) is 14.1. The summed E-state index contributed by atoms with van der Waals surface area (Å²) < 4.78 is 4.98. The minimum absolute atomic E-state index is 0. The average Bonchev–Trinajstić information content (AvgIpc) is 2.13. The molecule has 3 N–H and O–H groups in total. The summed E-state index contributed by atoms with van der Waals surface area (Å²) in [7, 11) is 1.66. The standard InChI is InChI=1S/C11H24N2O2.ClH/c1-8(2)5-10(12)11(14)13-6-9(3)7-15-4;/h8-10H,5-7,12H2,1-4H3,(H,13,14);1H/t9?,10-;/m0./s1. The topological polar surface area (TPSA) is 64.3 Å². The Morgan fingerprint density at radius 2 is 1.94 bits per heavy atom. The van der Waals surface area contributed by atoms with Crippen LogP contribution < -0.4 is 11.1 Å². The number of rotatable bonds is 7. The third kappa shape index (κ3) is 8.95. The van der Waals surface area contributed by atoms with Crippen molar-refractivity contribution in [2.24, 2.45) is 17.6 Å². The number of nitrogens with two attached hydrogens (primary N) is 1. The first-order valence-corrected chi connectivity index (χ1v) is 5.49. The molecule has 0 aliphatic carbocycles. The van der Waals surface area contributed by atoms with Crippen LogP contribution in [0.2, 0.25) is 0 Å². The van der Waals surface area contributed by atoms with E-state index < -0.39 is 0 Å². The van der Waals surface area contributed by atoms with Crippen LogP contribution >= 0.6 is 12.4 Å². The quantitative estimate of drug-likeness (QED) is 0.715. The summed E-state index contributed by atoms with van der Waals surface area (Å²) >= 11 is 0. The van der Waals surface area contributed by atoms with Gasteiger partial charge < -0.3 is 15.8 Å². The number of carbonyl (C=O) groups excluding carboxylic acids is 1. The molecule has 98 valence electrons. The van der Waals surface area contributed by atoms with Crippen LogP contribution in [-0.4, -0.2) is 32.2 Å². The van der Waals surface area contributed by atoms with Crippen molar-refractivity contribution in [3.05, 3.63) is 0 Å². The number of hydrogen-bond acceptors (Lipinski definition) is 3. The maximum atomic E-state index is 11.5. The van der Waals surface area contributed by atoms with E-state index in [4.69, 9.17) is 10.5 Å². The Kier molecular flexibility index (Phi) is 11.1. The molecule has 0 aliphatic rings. The Morgan fingerprint density at radius 3 is 2.38 bits per heavy atom. The molecular weight excluding hydrogens is 228 g/mol. The molecule has 0 bridgehead atoms. The lowest BCUT2D eigenvalue weighted by Crippen LogP contribution is -2.43. The molecule has 0 saturated heterocycles. The molecule has 0 aromatic rings. The highest BCUT2D eigenvalue weighted by molar-refractivity contribution is 5.85. The molecule has 1 amide bonds. The molecule has 0 saturated carbocycles. The van der Waals surface area contributed by atoms with E-state index in [0.717, 1.165) is 6.42 Å². The van der Waals surface area contributed by atoms with Crippen molar-refractivity contribution in [2.75, 3.05) is 20.3 Å². The van der Waals surface area contributed by atoms with E-state index >= 15 is 0 Å². The maximum Gasteiger partial charge on any atom is 0.236 e. The number of methoxy groups -OCH3 is 1. The molecule has 16 heavy (non-hydrogen) atoms. The number of carbonyl (C=O) groups is 1. The van der Waals surface area contributed by atoms with Gasteiger partial charge in [-0.3, -0.25) is 4.79 Å². The summed E-state index contributed by atoms with van der Waals surface area (Å²) in [6.07, 6.45) is 0.727. The Hall–Kier alpha value is -0.320. The number of nitrogens with one attached hydrogen (secondary N) is 1. The van der Waals surface area contributed by atoms with Crippen molar-refractivity contribution >= 4 is 18.3 Å². The molecule has 1 unspecified atom stereocenters. The molecule has 4 nitrogen and oxygen atoms in total. The lowest BCUT2D eigenvalue weighted by atomic mass is 10.0. The maximum absolute atomic E-state index is 11.5. The fourth-order valence-electron chi connectivity index (χ4n) is 1.36.